The molecule has 2 aromatic rings. The Morgan fingerprint density at radius 1 is 1.16 bits per heavy atom. The second-order valence-electron chi connectivity index (χ2n) is 7.08. The Balaban J connectivity index is 1.85. The average Bonchev–Trinajstić information content (AvgIpc) is 3.11. The molecule has 1 fully saturated rings. The van der Waals surface area contributed by atoms with Gasteiger partial charge in [-0.2, -0.15) is 0 Å². The molecule has 1 aliphatic rings. The van der Waals surface area contributed by atoms with Crippen molar-refractivity contribution in [1.29, 1.82) is 0 Å². The molecule has 0 radical (unpaired) electrons. The number of halogens is 1. The summed E-state index contributed by atoms with van der Waals surface area (Å²) in [4.78, 5) is 12.6. The van der Waals surface area contributed by atoms with Gasteiger partial charge in [-0.15, -0.1) is 0 Å². The maximum Gasteiger partial charge on any atom is 0.495 e. The van der Waals surface area contributed by atoms with Crippen LogP contribution < -0.4 is 10.8 Å². The molecular formula is C18H21BFNO4. The van der Waals surface area contributed by atoms with Gasteiger partial charge in [0.15, 0.2) is 0 Å². The number of hydrogen-bond acceptors (Lipinski definition) is 4. The van der Waals surface area contributed by atoms with Gasteiger partial charge in [0.1, 0.15) is 11.6 Å². The van der Waals surface area contributed by atoms with Crippen LogP contribution in [0.25, 0.3) is 0 Å². The number of carbonyl (C=O) groups is 1. The summed E-state index contributed by atoms with van der Waals surface area (Å²) in [7, 11) is -0.741. The number of rotatable bonds is 4. The van der Waals surface area contributed by atoms with Gasteiger partial charge in [-0.05, 0) is 57.4 Å². The molecule has 25 heavy (non-hydrogen) atoms. The summed E-state index contributed by atoms with van der Waals surface area (Å²) in [5.74, 6) is -0.300. The molecule has 0 atom stereocenters. The summed E-state index contributed by atoms with van der Waals surface area (Å²) in [5, 5.41) is 2.72. The summed E-state index contributed by atoms with van der Waals surface area (Å²) in [5.41, 5.74) is -0.413. The molecule has 0 bridgehead atoms. The first kappa shape index (κ1) is 17.7. The summed E-state index contributed by atoms with van der Waals surface area (Å²) in [6, 6.07) is 7.50. The fourth-order valence-electron chi connectivity index (χ4n) is 2.58. The monoisotopic (exact) mass is 345 g/mol. The Hall–Kier alpha value is -2.12. The molecule has 1 aliphatic heterocycles. The lowest BCUT2D eigenvalue weighted by atomic mass is 9.75. The van der Waals surface area contributed by atoms with E-state index >= 15 is 0 Å². The Bertz CT molecular complexity index is 757. The molecule has 0 saturated carbocycles. The zero-order valence-corrected chi connectivity index (χ0v) is 14.8. The first-order valence-corrected chi connectivity index (χ1v) is 8.15. The van der Waals surface area contributed by atoms with E-state index in [0.717, 1.165) is 0 Å². The van der Waals surface area contributed by atoms with Crippen LogP contribution in [-0.2, 0) is 15.9 Å². The standard InChI is InChI=1S/C18H21BFNO4/c1-17(2)18(3,4)25-19(24-17)15-8-7-12(20)10-14(15)16(22)21-11-13-6-5-9-23-13/h5-10H,11H2,1-4H3,(H,21,22). The van der Waals surface area contributed by atoms with Gasteiger partial charge >= 0.3 is 7.12 Å². The van der Waals surface area contributed by atoms with E-state index in [1.165, 1.54) is 24.5 Å². The predicted molar refractivity (Wildman–Crippen MR) is 92.0 cm³/mol. The molecule has 0 unspecified atom stereocenters. The van der Waals surface area contributed by atoms with Gasteiger partial charge in [-0.1, -0.05) is 6.07 Å². The van der Waals surface area contributed by atoms with Crippen molar-refractivity contribution < 1.29 is 22.9 Å². The fourth-order valence-corrected chi connectivity index (χ4v) is 2.58. The van der Waals surface area contributed by atoms with Crippen LogP contribution in [0.4, 0.5) is 4.39 Å². The molecule has 1 aromatic carbocycles. The van der Waals surface area contributed by atoms with E-state index < -0.39 is 30.0 Å². The first-order chi connectivity index (χ1) is 11.7. The van der Waals surface area contributed by atoms with Crippen LogP contribution in [0.3, 0.4) is 0 Å². The van der Waals surface area contributed by atoms with Crippen molar-refractivity contribution in [2.45, 2.75) is 45.4 Å². The normalized spacial score (nSPS) is 18.4. The molecular weight excluding hydrogens is 324 g/mol. The molecule has 1 amide bonds. The van der Waals surface area contributed by atoms with Crippen LogP contribution in [0.15, 0.2) is 41.0 Å². The van der Waals surface area contributed by atoms with E-state index in [2.05, 4.69) is 5.32 Å². The van der Waals surface area contributed by atoms with Crippen molar-refractivity contribution in [3.05, 3.63) is 53.7 Å². The molecule has 3 rings (SSSR count). The third-order valence-electron chi connectivity index (χ3n) is 4.77. The number of carbonyl (C=O) groups excluding carboxylic acids is 1. The number of nitrogens with one attached hydrogen (secondary N) is 1. The number of amides is 1. The smallest absolute Gasteiger partial charge is 0.467 e. The average molecular weight is 345 g/mol. The number of benzene rings is 1. The van der Waals surface area contributed by atoms with Gasteiger partial charge in [-0.25, -0.2) is 4.39 Å². The van der Waals surface area contributed by atoms with Crippen LogP contribution in [0.5, 0.6) is 0 Å². The van der Waals surface area contributed by atoms with E-state index in [9.17, 15) is 9.18 Å². The highest BCUT2D eigenvalue weighted by Gasteiger charge is 2.52. The van der Waals surface area contributed by atoms with Crippen LogP contribution >= 0.6 is 0 Å². The van der Waals surface area contributed by atoms with Crippen molar-refractivity contribution >= 4 is 18.5 Å². The van der Waals surface area contributed by atoms with Crippen molar-refractivity contribution in [2.75, 3.05) is 0 Å². The second-order valence-corrected chi connectivity index (χ2v) is 7.08. The Labute approximate surface area is 146 Å². The molecule has 7 heteroatoms. The van der Waals surface area contributed by atoms with E-state index in [4.69, 9.17) is 13.7 Å². The highest BCUT2D eigenvalue weighted by molar-refractivity contribution is 6.63. The zero-order chi connectivity index (χ0) is 18.2. The molecule has 1 aromatic heterocycles. The fraction of sp³-hybridized carbons (Fsp3) is 0.389. The molecule has 0 aliphatic carbocycles. The van der Waals surface area contributed by atoms with Gasteiger partial charge in [0, 0.05) is 5.56 Å². The number of furan rings is 1. The van der Waals surface area contributed by atoms with Gasteiger partial charge in [0.2, 0.25) is 0 Å². The van der Waals surface area contributed by atoms with E-state index in [1.807, 2.05) is 27.7 Å². The first-order valence-electron chi connectivity index (χ1n) is 8.15. The quantitative estimate of drug-likeness (QED) is 0.866. The summed E-state index contributed by atoms with van der Waals surface area (Å²) in [6.07, 6.45) is 1.53. The molecule has 0 spiro atoms. The SMILES string of the molecule is CC1(C)OB(c2ccc(F)cc2C(=O)NCc2ccco2)OC1(C)C. The minimum absolute atomic E-state index is 0.185. The van der Waals surface area contributed by atoms with Crippen LogP contribution in [0.1, 0.15) is 43.8 Å². The molecule has 2 heterocycles. The Morgan fingerprint density at radius 2 is 1.84 bits per heavy atom. The van der Waals surface area contributed by atoms with Crippen molar-refractivity contribution in [3.8, 4) is 0 Å². The van der Waals surface area contributed by atoms with Gasteiger partial charge in [0.05, 0.1) is 24.0 Å². The Kier molecular flexibility index (Phi) is 4.47. The lowest BCUT2D eigenvalue weighted by Gasteiger charge is -2.32. The van der Waals surface area contributed by atoms with E-state index in [1.54, 1.807) is 12.1 Å². The summed E-state index contributed by atoms with van der Waals surface area (Å²) in [6.45, 7) is 7.91. The van der Waals surface area contributed by atoms with Gasteiger partial charge in [0.25, 0.3) is 5.91 Å². The highest BCUT2D eigenvalue weighted by atomic mass is 19.1. The zero-order valence-electron chi connectivity index (χ0n) is 14.8. The molecule has 132 valence electrons. The highest BCUT2D eigenvalue weighted by Crippen LogP contribution is 2.36. The summed E-state index contributed by atoms with van der Waals surface area (Å²) < 4.78 is 30.9. The van der Waals surface area contributed by atoms with Crippen LogP contribution in [0, 0.1) is 5.82 Å². The van der Waals surface area contributed by atoms with Gasteiger partial charge in [-0.3, -0.25) is 4.79 Å². The van der Waals surface area contributed by atoms with Crippen LogP contribution in [-0.4, -0.2) is 24.2 Å². The minimum Gasteiger partial charge on any atom is -0.467 e. The van der Waals surface area contributed by atoms with Crippen molar-refractivity contribution in [1.82, 2.24) is 5.32 Å². The maximum atomic E-state index is 13.7. The lowest BCUT2D eigenvalue weighted by Crippen LogP contribution is -2.41. The second kappa shape index (κ2) is 6.31. The number of hydrogen-bond donors (Lipinski definition) is 1. The molecule has 5 nitrogen and oxygen atoms in total. The van der Waals surface area contributed by atoms with Crippen molar-refractivity contribution in [3.63, 3.8) is 0 Å². The minimum atomic E-state index is -0.741. The van der Waals surface area contributed by atoms with E-state index in [-0.39, 0.29) is 12.1 Å². The summed E-state index contributed by atoms with van der Waals surface area (Å²) >= 11 is 0. The van der Waals surface area contributed by atoms with E-state index in [0.29, 0.717) is 11.2 Å². The Morgan fingerprint density at radius 3 is 2.44 bits per heavy atom. The van der Waals surface area contributed by atoms with Gasteiger partial charge < -0.3 is 19.0 Å². The van der Waals surface area contributed by atoms with Crippen LogP contribution in [0.2, 0.25) is 0 Å². The largest absolute Gasteiger partial charge is 0.495 e. The van der Waals surface area contributed by atoms with Crippen molar-refractivity contribution in [2.24, 2.45) is 0 Å². The third kappa shape index (κ3) is 3.48. The molecule has 1 N–H and O–H groups in total. The topological polar surface area (TPSA) is 60.7 Å². The molecule has 1 saturated heterocycles. The maximum absolute atomic E-state index is 13.7. The lowest BCUT2D eigenvalue weighted by molar-refractivity contribution is 0.00578. The predicted octanol–water partition coefficient (Wildman–Crippen LogP) is 2.65. The third-order valence-corrected chi connectivity index (χ3v) is 4.77.